The van der Waals surface area contributed by atoms with Crippen molar-refractivity contribution in [1.29, 1.82) is 0 Å². The molecular weight excluding hydrogens is 234 g/mol. The van der Waals surface area contributed by atoms with Crippen LogP contribution in [-0.2, 0) is 6.54 Å². The van der Waals surface area contributed by atoms with E-state index in [1.54, 1.807) is 0 Å². The Balaban J connectivity index is 2.12. The summed E-state index contributed by atoms with van der Waals surface area (Å²) in [6, 6.07) is 4.21. The number of aromatic nitrogens is 1. The lowest BCUT2D eigenvalue weighted by Crippen LogP contribution is -2.26. The van der Waals surface area contributed by atoms with Gasteiger partial charge in [-0.15, -0.1) is 0 Å². The summed E-state index contributed by atoms with van der Waals surface area (Å²) in [6.45, 7) is 12.3. The summed E-state index contributed by atoms with van der Waals surface area (Å²) < 4.78 is 0. The molecule has 0 spiro atoms. The van der Waals surface area contributed by atoms with Crippen molar-refractivity contribution in [3.05, 3.63) is 30.1 Å². The fraction of sp³-hybridized carbons (Fsp3) is 0.688. The summed E-state index contributed by atoms with van der Waals surface area (Å²) in [5.41, 5.74) is 1.36. The fourth-order valence-electron chi connectivity index (χ4n) is 2.07. The molecule has 1 aromatic rings. The quantitative estimate of drug-likeness (QED) is 0.658. The van der Waals surface area contributed by atoms with E-state index in [-0.39, 0.29) is 0 Å². The highest BCUT2D eigenvalue weighted by Crippen LogP contribution is 2.04. The first-order chi connectivity index (χ1) is 9.22. The van der Waals surface area contributed by atoms with Crippen LogP contribution in [0, 0.1) is 5.92 Å². The van der Waals surface area contributed by atoms with E-state index < -0.39 is 0 Å². The van der Waals surface area contributed by atoms with Gasteiger partial charge in [-0.2, -0.15) is 0 Å². The molecular formula is C16H29N3. The number of hydrogen-bond acceptors (Lipinski definition) is 3. The monoisotopic (exact) mass is 263 g/mol. The minimum atomic E-state index is 0.749. The molecule has 0 unspecified atom stereocenters. The Hall–Kier alpha value is -0.930. The predicted octanol–water partition coefficient (Wildman–Crippen LogP) is 2.93. The molecule has 0 aliphatic carbocycles. The Morgan fingerprint density at radius 1 is 1.21 bits per heavy atom. The van der Waals surface area contributed by atoms with Gasteiger partial charge in [0.25, 0.3) is 0 Å². The van der Waals surface area contributed by atoms with E-state index in [0.29, 0.717) is 0 Å². The molecule has 1 N–H and O–H groups in total. The summed E-state index contributed by atoms with van der Waals surface area (Å²) in [6.07, 6.45) is 6.28. The third-order valence-electron chi connectivity index (χ3n) is 3.23. The maximum atomic E-state index is 4.06. The van der Waals surface area contributed by atoms with Crippen LogP contribution in [0.5, 0.6) is 0 Å². The zero-order valence-electron chi connectivity index (χ0n) is 12.7. The number of pyridine rings is 1. The maximum Gasteiger partial charge on any atom is 0.0271 e. The van der Waals surface area contributed by atoms with Gasteiger partial charge in [0, 0.05) is 18.9 Å². The van der Waals surface area contributed by atoms with Crippen molar-refractivity contribution in [2.75, 3.05) is 26.2 Å². The van der Waals surface area contributed by atoms with Crippen molar-refractivity contribution in [2.45, 2.75) is 40.2 Å². The second kappa shape index (κ2) is 9.93. The minimum Gasteiger partial charge on any atom is -0.316 e. The van der Waals surface area contributed by atoms with E-state index in [1.165, 1.54) is 24.9 Å². The number of nitrogens with one attached hydrogen (secondary N) is 1. The van der Waals surface area contributed by atoms with E-state index in [4.69, 9.17) is 0 Å². The normalized spacial score (nSPS) is 11.4. The van der Waals surface area contributed by atoms with Crippen LogP contribution in [0.25, 0.3) is 0 Å². The Labute approximate surface area is 118 Å². The molecule has 3 nitrogen and oxygen atoms in total. The second-order valence-electron chi connectivity index (χ2n) is 5.53. The molecule has 0 fully saturated rings. The van der Waals surface area contributed by atoms with E-state index in [0.717, 1.165) is 32.1 Å². The number of rotatable bonds is 10. The van der Waals surface area contributed by atoms with Crippen LogP contribution < -0.4 is 5.32 Å². The number of unbranched alkanes of at least 4 members (excludes halogenated alkanes) is 1. The molecule has 0 aromatic carbocycles. The first kappa shape index (κ1) is 16.1. The molecule has 0 aliphatic heterocycles. The van der Waals surface area contributed by atoms with Gasteiger partial charge in [-0.25, -0.2) is 0 Å². The van der Waals surface area contributed by atoms with Gasteiger partial charge in [0.2, 0.25) is 0 Å². The van der Waals surface area contributed by atoms with Crippen molar-refractivity contribution in [1.82, 2.24) is 15.2 Å². The zero-order valence-corrected chi connectivity index (χ0v) is 12.7. The summed E-state index contributed by atoms with van der Waals surface area (Å²) >= 11 is 0. The van der Waals surface area contributed by atoms with E-state index in [1.807, 2.05) is 12.4 Å². The highest BCUT2D eigenvalue weighted by molar-refractivity contribution is 5.09. The van der Waals surface area contributed by atoms with Gasteiger partial charge in [-0.05, 0) is 62.6 Å². The third-order valence-corrected chi connectivity index (χ3v) is 3.23. The van der Waals surface area contributed by atoms with Crippen molar-refractivity contribution >= 4 is 0 Å². The molecule has 0 amide bonds. The van der Waals surface area contributed by atoms with E-state index >= 15 is 0 Å². The predicted molar refractivity (Wildman–Crippen MR) is 82.1 cm³/mol. The smallest absolute Gasteiger partial charge is 0.0271 e. The standard InChI is InChI=1S/C16H29N3/c1-4-19(14-16-7-10-17-11-8-16)12-6-5-9-18-13-15(2)3/h7-8,10-11,15,18H,4-6,9,12-14H2,1-3H3. The van der Waals surface area contributed by atoms with Crippen LogP contribution in [0.3, 0.4) is 0 Å². The molecule has 0 atom stereocenters. The molecule has 1 heterocycles. The first-order valence-electron chi connectivity index (χ1n) is 7.54. The molecule has 108 valence electrons. The summed E-state index contributed by atoms with van der Waals surface area (Å²) in [4.78, 5) is 6.56. The van der Waals surface area contributed by atoms with Crippen molar-refractivity contribution in [3.8, 4) is 0 Å². The number of nitrogens with zero attached hydrogens (tertiary/aromatic N) is 2. The Morgan fingerprint density at radius 3 is 2.58 bits per heavy atom. The average Bonchev–Trinajstić information content (AvgIpc) is 2.42. The van der Waals surface area contributed by atoms with Gasteiger partial charge < -0.3 is 5.32 Å². The van der Waals surface area contributed by atoms with Gasteiger partial charge in [-0.3, -0.25) is 9.88 Å². The van der Waals surface area contributed by atoms with Gasteiger partial charge in [0.1, 0.15) is 0 Å². The van der Waals surface area contributed by atoms with Gasteiger partial charge in [0.15, 0.2) is 0 Å². The summed E-state index contributed by atoms with van der Waals surface area (Å²) in [7, 11) is 0. The SMILES string of the molecule is CCN(CCCCNCC(C)C)Cc1ccncc1. The number of hydrogen-bond donors (Lipinski definition) is 1. The summed E-state index contributed by atoms with van der Waals surface area (Å²) in [5.74, 6) is 0.749. The zero-order chi connectivity index (χ0) is 13.9. The average molecular weight is 263 g/mol. The van der Waals surface area contributed by atoms with Gasteiger partial charge >= 0.3 is 0 Å². The fourth-order valence-corrected chi connectivity index (χ4v) is 2.07. The maximum absolute atomic E-state index is 4.06. The molecule has 1 aromatic heterocycles. The third kappa shape index (κ3) is 7.96. The van der Waals surface area contributed by atoms with Crippen LogP contribution >= 0.6 is 0 Å². The highest BCUT2D eigenvalue weighted by atomic mass is 15.1. The van der Waals surface area contributed by atoms with E-state index in [2.05, 4.69) is 48.1 Å². The Kier molecular flexibility index (Phi) is 8.43. The van der Waals surface area contributed by atoms with Gasteiger partial charge in [0.05, 0.1) is 0 Å². The lowest BCUT2D eigenvalue weighted by atomic mass is 10.2. The molecule has 0 saturated carbocycles. The molecule has 0 bridgehead atoms. The second-order valence-corrected chi connectivity index (χ2v) is 5.53. The van der Waals surface area contributed by atoms with Crippen LogP contribution in [0.1, 0.15) is 39.2 Å². The minimum absolute atomic E-state index is 0.749. The lowest BCUT2D eigenvalue weighted by Gasteiger charge is -2.20. The molecule has 19 heavy (non-hydrogen) atoms. The molecule has 1 rings (SSSR count). The lowest BCUT2D eigenvalue weighted by molar-refractivity contribution is 0.273. The van der Waals surface area contributed by atoms with Crippen molar-refractivity contribution < 1.29 is 0 Å². The molecule has 3 heteroatoms. The van der Waals surface area contributed by atoms with Crippen LogP contribution in [-0.4, -0.2) is 36.1 Å². The first-order valence-corrected chi connectivity index (χ1v) is 7.54. The topological polar surface area (TPSA) is 28.2 Å². The van der Waals surface area contributed by atoms with Crippen LogP contribution in [0.4, 0.5) is 0 Å². The highest BCUT2D eigenvalue weighted by Gasteiger charge is 2.03. The van der Waals surface area contributed by atoms with Gasteiger partial charge in [-0.1, -0.05) is 20.8 Å². The van der Waals surface area contributed by atoms with Crippen molar-refractivity contribution in [3.63, 3.8) is 0 Å². The van der Waals surface area contributed by atoms with Crippen LogP contribution in [0.2, 0.25) is 0 Å². The van der Waals surface area contributed by atoms with Crippen LogP contribution in [0.15, 0.2) is 24.5 Å². The molecule has 0 radical (unpaired) electrons. The summed E-state index contributed by atoms with van der Waals surface area (Å²) in [5, 5.41) is 3.50. The van der Waals surface area contributed by atoms with Crippen molar-refractivity contribution in [2.24, 2.45) is 5.92 Å². The Morgan fingerprint density at radius 2 is 1.95 bits per heavy atom. The van der Waals surface area contributed by atoms with E-state index in [9.17, 15) is 0 Å². The molecule has 0 aliphatic rings. The Bertz CT molecular complexity index is 311. The molecule has 0 saturated heterocycles. The largest absolute Gasteiger partial charge is 0.316 e.